The number of nitrogens with two attached hydrogens (primary N) is 1. The van der Waals surface area contributed by atoms with Gasteiger partial charge in [-0.25, -0.2) is 0 Å². The van der Waals surface area contributed by atoms with Gasteiger partial charge in [0.1, 0.15) is 5.69 Å². The fourth-order valence-electron chi connectivity index (χ4n) is 1.11. The lowest BCUT2D eigenvalue weighted by Crippen LogP contribution is -2.22. The lowest BCUT2D eigenvalue weighted by atomic mass is 10.3. The molecule has 0 aliphatic heterocycles. The Labute approximate surface area is 85.9 Å². The standard InChI is InChI=1S/C8H12N4O3/c1-10-8(15)6-4-5(7(9)14)11-12(6)2-3-13/h4,13H,2-3H2,1H3,(H2,9,14)(H,10,15). The number of primary amides is 1. The fraction of sp³-hybridized carbons (Fsp3) is 0.375. The smallest absolute Gasteiger partial charge is 0.269 e. The van der Waals surface area contributed by atoms with Gasteiger partial charge in [0.2, 0.25) is 0 Å². The zero-order valence-electron chi connectivity index (χ0n) is 8.23. The highest BCUT2D eigenvalue weighted by atomic mass is 16.3. The van der Waals surface area contributed by atoms with Gasteiger partial charge < -0.3 is 16.2 Å². The van der Waals surface area contributed by atoms with E-state index in [1.165, 1.54) is 17.8 Å². The quantitative estimate of drug-likeness (QED) is 0.554. The first-order valence-electron chi connectivity index (χ1n) is 4.30. The first-order chi connectivity index (χ1) is 7.10. The van der Waals surface area contributed by atoms with Gasteiger partial charge in [-0.15, -0.1) is 0 Å². The van der Waals surface area contributed by atoms with Gasteiger partial charge in [0.05, 0.1) is 13.2 Å². The molecule has 4 N–H and O–H groups in total. The Morgan fingerprint density at radius 2 is 2.33 bits per heavy atom. The largest absolute Gasteiger partial charge is 0.394 e. The number of hydrogen-bond donors (Lipinski definition) is 3. The zero-order valence-corrected chi connectivity index (χ0v) is 8.23. The van der Waals surface area contributed by atoms with Crippen molar-refractivity contribution in [1.29, 1.82) is 0 Å². The van der Waals surface area contributed by atoms with Crippen molar-refractivity contribution in [3.05, 3.63) is 17.5 Å². The van der Waals surface area contributed by atoms with Crippen LogP contribution in [0.4, 0.5) is 0 Å². The molecule has 0 saturated heterocycles. The van der Waals surface area contributed by atoms with E-state index in [9.17, 15) is 9.59 Å². The van der Waals surface area contributed by atoms with Crippen molar-refractivity contribution >= 4 is 11.8 Å². The molecule has 0 spiro atoms. The van der Waals surface area contributed by atoms with Crippen molar-refractivity contribution in [3.63, 3.8) is 0 Å². The Bertz CT molecular complexity index is 385. The van der Waals surface area contributed by atoms with E-state index in [1.807, 2.05) is 0 Å². The van der Waals surface area contributed by atoms with E-state index in [0.717, 1.165) is 0 Å². The molecule has 7 nitrogen and oxygen atoms in total. The maximum absolute atomic E-state index is 11.3. The minimum atomic E-state index is -0.711. The van der Waals surface area contributed by atoms with Gasteiger partial charge in [-0.3, -0.25) is 14.3 Å². The molecular weight excluding hydrogens is 200 g/mol. The number of aliphatic hydroxyl groups is 1. The second kappa shape index (κ2) is 4.56. The summed E-state index contributed by atoms with van der Waals surface area (Å²) in [5.41, 5.74) is 5.22. The van der Waals surface area contributed by atoms with E-state index >= 15 is 0 Å². The highest BCUT2D eigenvalue weighted by Crippen LogP contribution is 2.04. The molecule has 0 fully saturated rings. The zero-order chi connectivity index (χ0) is 11.4. The predicted octanol–water partition coefficient (Wildman–Crippen LogP) is -1.67. The molecule has 0 aliphatic rings. The molecule has 1 aromatic heterocycles. The number of aliphatic hydroxyl groups excluding tert-OH is 1. The molecule has 1 rings (SSSR count). The topological polar surface area (TPSA) is 110 Å². The van der Waals surface area contributed by atoms with Crippen LogP contribution in [0.2, 0.25) is 0 Å². The predicted molar refractivity (Wildman–Crippen MR) is 51.2 cm³/mol. The van der Waals surface area contributed by atoms with Gasteiger partial charge in [-0.2, -0.15) is 5.10 Å². The van der Waals surface area contributed by atoms with E-state index in [0.29, 0.717) is 0 Å². The third kappa shape index (κ3) is 2.32. The van der Waals surface area contributed by atoms with Crippen LogP contribution in [0.5, 0.6) is 0 Å². The maximum Gasteiger partial charge on any atom is 0.269 e. The Balaban J connectivity index is 3.11. The summed E-state index contributed by atoms with van der Waals surface area (Å²) in [6, 6.07) is 1.29. The molecule has 15 heavy (non-hydrogen) atoms. The summed E-state index contributed by atoms with van der Waals surface area (Å²) in [5, 5.41) is 14.9. The number of hydrogen-bond acceptors (Lipinski definition) is 4. The van der Waals surface area contributed by atoms with Crippen LogP contribution in [0.25, 0.3) is 0 Å². The van der Waals surface area contributed by atoms with E-state index < -0.39 is 5.91 Å². The van der Waals surface area contributed by atoms with Crippen LogP contribution in [0, 0.1) is 0 Å². The number of nitrogens with zero attached hydrogens (tertiary/aromatic N) is 2. The normalized spacial score (nSPS) is 10.0. The van der Waals surface area contributed by atoms with E-state index in [2.05, 4.69) is 10.4 Å². The summed E-state index contributed by atoms with van der Waals surface area (Å²) in [7, 11) is 1.46. The van der Waals surface area contributed by atoms with Crippen molar-refractivity contribution in [2.45, 2.75) is 6.54 Å². The van der Waals surface area contributed by atoms with Crippen molar-refractivity contribution in [2.24, 2.45) is 5.73 Å². The Morgan fingerprint density at radius 3 is 2.80 bits per heavy atom. The van der Waals surface area contributed by atoms with Crippen molar-refractivity contribution < 1.29 is 14.7 Å². The molecular formula is C8H12N4O3. The van der Waals surface area contributed by atoms with Gasteiger partial charge in [0.25, 0.3) is 11.8 Å². The lowest BCUT2D eigenvalue weighted by Gasteiger charge is -2.02. The highest BCUT2D eigenvalue weighted by molar-refractivity contribution is 5.97. The number of rotatable bonds is 4. The number of nitrogens with one attached hydrogen (secondary N) is 1. The van der Waals surface area contributed by atoms with Crippen LogP contribution in [-0.4, -0.2) is 40.4 Å². The number of aromatic nitrogens is 2. The maximum atomic E-state index is 11.3. The van der Waals surface area contributed by atoms with E-state index in [1.54, 1.807) is 0 Å². The third-order valence-electron chi connectivity index (χ3n) is 1.80. The monoisotopic (exact) mass is 212 g/mol. The molecule has 1 aromatic rings. The van der Waals surface area contributed by atoms with E-state index in [4.69, 9.17) is 10.8 Å². The van der Waals surface area contributed by atoms with E-state index in [-0.39, 0.29) is 30.4 Å². The molecule has 0 unspecified atom stereocenters. The lowest BCUT2D eigenvalue weighted by molar-refractivity contribution is 0.0949. The Hall–Kier alpha value is -1.89. The first kappa shape index (κ1) is 11.2. The van der Waals surface area contributed by atoms with Crippen molar-refractivity contribution in [2.75, 3.05) is 13.7 Å². The van der Waals surface area contributed by atoms with Crippen LogP contribution < -0.4 is 11.1 Å². The Morgan fingerprint density at radius 1 is 1.67 bits per heavy atom. The molecule has 0 atom stereocenters. The van der Waals surface area contributed by atoms with Crippen molar-refractivity contribution in [3.8, 4) is 0 Å². The van der Waals surface area contributed by atoms with Crippen LogP contribution in [0.1, 0.15) is 21.0 Å². The molecule has 0 aromatic carbocycles. The second-order valence-corrected chi connectivity index (χ2v) is 2.80. The van der Waals surface area contributed by atoms with Gasteiger partial charge >= 0.3 is 0 Å². The van der Waals surface area contributed by atoms with Gasteiger partial charge in [0.15, 0.2) is 5.69 Å². The second-order valence-electron chi connectivity index (χ2n) is 2.80. The summed E-state index contributed by atoms with van der Waals surface area (Å²) in [5.74, 6) is -1.10. The minimum Gasteiger partial charge on any atom is -0.394 e. The number of carbonyl (C=O) groups is 2. The molecule has 0 saturated carbocycles. The summed E-state index contributed by atoms with van der Waals surface area (Å²) in [4.78, 5) is 22.2. The fourth-order valence-corrected chi connectivity index (χ4v) is 1.11. The van der Waals surface area contributed by atoms with Gasteiger partial charge in [-0.1, -0.05) is 0 Å². The minimum absolute atomic E-state index is 0.00190. The summed E-state index contributed by atoms with van der Waals surface area (Å²) >= 11 is 0. The van der Waals surface area contributed by atoms with Crippen LogP contribution in [0.3, 0.4) is 0 Å². The summed E-state index contributed by atoms with van der Waals surface area (Å²) < 4.78 is 1.24. The average molecular weight is 212 g/mol. The van der Waals surface area contributed by atoms with Gasteiger partial charge in [0, 0.05) is 13.1 Å². The van der Waals surface area contributed by atoms with Crippen molar-refractivity contribution in [1.82, 2.24) is 15.1 Å². The van der Waals surface area contributed by atoms with Crippen LogP contribution in [0.15, 0.2) is 6.07 Å². The SMILES string of the molecule is CNC(=O)c1cc(C(N)=O)nn1CCO. The molecule has 0 radical (unpaired) electrons. The van der Waals surface area contributed by atoms with Crippen LogP contribution in [-0.2, 0) is 6.54 Å². The number of amides is 2. The average Bonchev–Trinajstić information content (AvgIpc) is 2.61. The summed E-state index contributed by atoms with van der Waals surface area (Å²) in [6.45, 7) is -0.0418. The molecule has 0 bridgehead atoms. The Kier molecular flexibility index (Phi) is 3.40. The molecule has 7 heteroatoms. The molecule has 2 amide bonds. The molecule has 82 valence electrons. The third-order valence-corrected chi connectivity index (χ3v) is 1.80. The van der Waals surface area contributed by atoms with Crippen LogP contribution >= 0.6 is 0 Å². The molecule has 0 aliphatic carbocycles. The first-order valence-corrected chi connectivity index (χ1v) is 4.30. The van der Waals surface area contributed by atoms with Gasteiger partial charge in [-0.05, 0) is 0 Å². The summed E-state index contributed by atoms with van der Waals surface area (Å²) in [6.07, 6.45) is 0. The highest BCUT2D eigenvalue weighted by Gasteiger charge is 2.16. The number of carbonyl (C=O) groups excluding carboxylic acids is 2. The molecule has 1 heterocycles.